The van der Waals surface area contributed by atoms with Crippen LogP contribution in [0.4, 0.5) is 0 Å². The maximum absolute atomic E-state index is 13.2. The van der Waals surface area contributed by atoms with E-state index in [0.717, 1.165) is 0 Å². The SMILES string of the molecule is Cc1nn(C(C)(C)C)c(C)c1S(=O)(=O)N1CC(C)OC(C)(C)C1. The largest absolute Gasteiger partial charge is 0.370 e. The van der Waals surface area contributed by atoms with Gasteiger partial charge in [-0.3, -0.25) is 4.68 Å². The summed E-state index contributed by atoms with van der Waals surface area (Å²) >= 11 is 0. The molecule has 1 aromatic heterocycles. The number of morpholine rings is 1. The fraction of sp³-hybridized carbons (Fsp3) is 0.812. The van der Waals surface area contributed by atoms with Crippen LogP contribution in [0.1, 0.15) is 52.9 Å². The summed E-state index contributed by atoms with van der Waals surface area (Å²) in [6, 6.07) is 0. The van der Waals surface area contributed by atoms with E-state index < -0.39 is 15.6 Å². The van der Waals surface area contributed by atoms with Crippen molar-refractivity contribution in [3.05, 3.63) is 11.4 Å². The molecular weight excluding hydrogens is 314 g/mol. The van der Waals surface area contributed by atoms with Crippen LogP contribution in [-0.4, -0.2) is 47.3 Å². The number of aromatic nitrogens is 2. The predicted octanol–water partition coefficient (Wildman–Crippen LogP) is 2.44. The first-order valence-electron chi connectivity index (χ1n) is 8.00. The summed E-state index contributed by atoms with van der Waals surface area (Å²) in [6.07, 6.45) is -0.133. The lowest BCUT2D eigenvalue weighted by Crippen LogP contribution is -2.53. The third kappa shape index (κ3) is 3.46. The fourth-order valence-electron chi connectivity index (χ4n) is 3.36. The highest BCUT2D eigenvalue weighted by atomic mass is 32.2. The van der Waals surface area contributed by atoms with Crippen molar-refractivity contribution in [1.82, 2.24) is 14.1 Å². The molecule has 1 saturated heterocycles. The Hall–Kier alpha value is -0.920. The number of aryl methyl sites for hydroxylation is 1. The van der Waals surface area contributed by atoms with E-state index in [0.29, 0.717) is 29.4 Å². The van der Waals surface area contributed by atoms with Crippen LogP contribution in [0.3, 0.4) is 0 Å². The normalized spacial score (nSPS) is 23.2. The van der Waals surface area contributed by atoms with Gasteiger partial charge in [-0.25, -0.2) is 8.42 Å². The van der Waals surface area contributed by atoms with Crippen LogP contribution in [0.25, 0.3) is 0 Å². The van der Waals surface area contributed by atoms with Gasteiger partial charge in [0.15, 0.2) is 0 Å². The number of nitrogens with zero attached hydrogens (tertiary/aromatic N) is 3. The molecule has 23 heavy (non-hydrogen) atoms. The summed E-state index contributed by atoms with van der Waals surface area (Å²) in [5.41, 5.74) is 0.480. The third-order valence-electron chi connectivity index (χ3n) is 4.00. The quantitative estimate of drug-likeness (QED) is 0.827. The molecule has 7 heteroatoms. The Morgan fingerprint density at radius 2 is 1.83 bits per heavy atom. The molecule has 0 spiro atoms. The molecule has 0 saturated carbocycles. The molecule has 0 bridgehead atoms. The number of rotatable bonds is 2. The molecule has 0 aliphatic carbocycles. The summed E-state index contributed by atoms with van der Waals surface area (Å²) in [7, 11) is -3.60. The first-order chi connectivity index (χ1) is 10.3. The molecule has 132 valence electrons. The Bertz CT molecular complexity index is 699. The van der Waals surface area contributed by atoms with Gasteiger partial charge in [0.1, 0.15) is 4.90 Å². The summed E-state index contributed by atoms with van der Waals surface area (Å²) in [4.78, 5) is 0.331. The molecule has 1 aromatic rings. The zero-order valence-corrected chi connectivity index (χ0v) is 16.3. The molecule has 0 N–H and O–H groups in total. The maximum Gasteiger partial charge on any atom is 0.246 e. The Labute approximate surface area is 139 Å². The van der Waals surface area contributed by atoms with Gasteiger partial charge < -0.3 is 4.74 Å². The summed E-state index contributed by atoms with van der Waals surface area (Å²) in [5.74, 6) is 0. The van der Waals surface area contributed by atoms with Crippen molar-refractivity contribution >= 4 is 10.0 Å². The number of ether oxygens (including phenoxy) is 1. The molecule has 0 aromatic carbocycles. The van der Waals surface area contributed by atoms with E-state index in [1.807, 2.05) is 48.5 Å². The lowest BCUT2D eigenvalue weighted by Gasteiger charge is -2.40. The first-order valence-corrected chi connectivity index (χ1v) is 9.44. The fourth-order valence-corrected chi connectivity index (χ4v) is 5.38. The highest BCUT2D eigenvalue weighted by molar-refractivity contribution is 7.89. The second kappa shape index (κ2) is 5.57. The van der Waals surface area contributed by atoms with E-state index in [1.165, 1.54) is 4.31 Å². The molecule has 2 heterocycles. The Morgan fingerprint density at radius 3 is 2.26 bits per heavy atom. The van der Waals surface area contributed by atoms with Crippen molar-refractivity contribution in [1.29, 1.82) is 0 Å². The lowest BCUT2D eigenvalue weighted by molar-refractivity contribution is -0.109. The van der Waals surface area contributed by atoms with Crippen molar-refractivity contribution in [2.24, 2.45) is 0 Å². The molecule has 2 rings (SSSR count). The van der Waals surface area contributed by atoms with Crippen LogP contribution < -0.4 is 0 Å². The van der Waals surface area contributed by atoms with Gasteiger partial charge in [-0.2, -0.15) is 9.40 Å². The lowest BCUT2D eigenvalue weighted by atomic mass is 10.1. The average Bonchev–Trinajstić information content (AvgIpc) is 2.62. The van der Waals surface area contributed by atoms with E-state index in [1.54, 1.807) is 11.6 Å². The Kier molecular flexibility index (Phi) is 4.46. The van der Waals surface area contributed by atoms with E-state index in [-0.39, 0.29) is 11.6 Å². The molecule has 1 unspecified atom stereocenters. The summed E-state index contributed by atoms with van der Waals surface area (Å²) in [5, 5.41) is 4.48. The molecule has 1 atom stereocenters. The Morgan fingerprint density at radius 1 is 1.26 bits per heavy atom. The maximum atomic E-state index is 13.2. The third-order valence-corrected chi connectivity index (χ3v) is 6.06. The van der Waals surface area contributed by atoms with Gasteiger partial charge in [-0.1, -0.05) is 0 Å². The topological polar surface area (TPSA) is 64.4 Å². The summed E-state index contributed by atoms with van der Waals surface area (Å²) < 4.78 is 35.6. The van der Waals surface area contributed by atoms with Crippen molar-refractivity contribution < 1.29 is 13.2 Å². The van der Waals surface area contributed by atoms with Gasteiger partial charge in [0.2, 0.25) is 10.0 Å². The highest BCUT2D eigenvalue weighted by Crippen LogP contribution is 2.31. The minimum atomic E-state index is -3.60. The van der Waals surface area contributed by atoms with Crippen LogP contribution >= 0.6 is 0 Å². The van der Waals surface area contributed by atoms with E-state index in [4.69, 9.17) is 4.74 Å². The predicted molar refractivity (Wildman–Crippen MR) is 90.1 cm³/mol. The second-order valence-corrected chi connectivity index (χ2v) is 9.94. The van der Waals surface area contributed by atoms with Crippen LogP contribution in [-0.2, 0) is 20.3 Å². The number of sulfonamides is 1. The Balaban J connectivity index is 2.51. The van der Waals surface area contributed by atoms with Crippen LogP contribution in [0.15, 0.2) is 4.90 Å². The molecule has 0 radical (unpaired) electrons. The average molecular weight is 343 g/mol. The molecule has 1 aliphatic rings. The van der Waals surface area contributed by atoms with Gasteiger partial charge >= 0.3 is 0 Å². The van der Waals surface area contributed by atoms with Gasteiger partial charge in [0.25, 0.3) is 0 Å². The molecule has 0 amide bonds. The molecule has 6 nitrogen and oxygen atoms in total. The number of hydrogen-bond donors (Lipinski definition) is 0. The number of hydrogen-bond acceptors (Lipinski definition) is 4. The van der Waals surface area contributed by atoms with E-state index in [2.05, 4.69) is 5.10 Å². The molecule has 1 aliphatic heterocycles. The van der Waals surface area contributed by atoms with E-state index in [9.17, 15) is 8.42 Å². The highest BCUT2D eigenvalue weighted by Gasteiger charge is 2.40. The van der Waals surface area contributed by atoms with Crippen molar-refractivity contribution in [2.45, 2.75) is 77.5 Å². The van der Waals surface area contributed by atoms with Crippen LogP contribution in [0, 0.1) is 13.8 Å². The van der Waals surface area contributed by atoms with Gasteiger partial charge in [0, 0.05) is 13.1 Å². The van der Waals surface area contributed by atoms with E-state index >= 15 is 0 Å². The second-order valence-electron chi connectivity index (χ2n) is 8.07. The van der Waals surface area contributed by atoms with Crippen LogP contribution in [0.2, 0.25) is 0 Å². The molecule has 1 fully saturated rings. The standard InChI is InChI=1S/C16H29N3O3S/c1-11-9-18(10-16(7,8)22-11)23(20,21)14-12(2)17-19(13(14)3)15(4,5)6/h11H,9-10H2,1-8H3. The minimum absolute atomic E-state index is 0.133. The summed E-state index contributed by atoms with van der Waals surface area (Å²) in [6.45, 7) is 16.1. The smallest absolute Gasteiger partial charge is 0.246 e. The van der Waals surface area contributed by atoms with Crippen molar-refractivity contribution in [2.75, 3.05) is 13.1 Å². The van der Waals surface area contributed by atoms with Crippen molar-refractivity contribution in [3.63, 3.8) is 0 Å². The zero-order chi connectivity index (χ0) is 17.8. The first kappa shape index (κ1) is 18.4. The molecular formula is C16H29N3O3S. The van der Waals surface area contributed by atoms with Gasteiger partial charge in [0.05, 0.1) is 28.6 Å². The zero-order valence-electron chi connectivity index (χ0n) is 15.5. The monoisotopic (exact) mass is 343 g/mol. The van der Waals surface area contributed by atoms with Gasteiger partial charge in [-0.15, -0.1) is 0 Å². The van der Waals surface area contributed by atoms with Crippen molar-refractivity contribution in [3.8, 4) is 0 Å². The minimum Gasteiger partial charge on any atom is -0.370 e. The van der Waals surface area contributed by atoms with Gasteiger partial charge in [-0.05, 0) is 55.4 Å². The van der Waals surface area contributed by atoms with Crippen LogP contribution in [0.5, 0.6) is 0 Å².